The first-order valence-electron chi connectivity index (χ1n) is 8.67. The number of halogens is 1. The zero-order valence-corrected chi connectivity index (χ0v) is 16.8. The van der Waals surface area contributed by atoms with Crippen molar-refractivity contribution < 1.29 is 9.59 Å². The highest BCUT2D eigenvalue weighted by Crippen LogP contribution is 2.14. The van der Waals surface area contributed by atoms with Gasteiger partial charge in [-0.15, -0.1) is 0 Å². The Kier molecular flexibility index (Phi) is 6.20. The predicted octanol–water partition coefficient (Wildman–Crippen LogP) is 2.65. The summed E-state index contributed by atoms with van der Waals surface area (Å²) in [5.41, 5.74) is 1.07. The van der Waals surface area contributed by atoms with E-state index >= 15 is 0 Å². The molecule has 0 radical (unpaired) electrons. The van der Waals surface area contributed by atoms with Gasteiger partial charge in [-0.3, -0.25) is 19.0 Å². The summed E-state index contributed by atoms with van der Waals surface area (Å²) in [5.74, 6) is -0.513. The number of hydrogen-bond acceptors (Lipinski definition) is 4. The molecule has 3 aromatic rings. The summed E-state index contributed by atoms with van der Waals surface area (Å²) in [6.45, 7) is 0.128. The van der Waals surface area contributed by atoms with Gasteiger partial charge in [-0.2, -0.15) is 0 Å². The van der Waals surface area contributed by atoms with Gasteiger partial charge in [-0.05, 0) is 30.3 Å². The molecule has 8 heteroatoms. The Labute approximate surface area is 170 Å². The maximum atomic E-state index is 12.6. The number of carbonyl (C=O) groups is 2. The van der Waals surface area contributed by atoms with Gasteiger partial charge >= 0.3 is 0 Å². The van der Waals surface area contributed by atoms with Gasteiger partial charge in [0.15, 0.2) is 0 Å². The molecule has 3 rings (SSSR count). The van der Waals surface area contributed by atoms with E-state index in [1.165, 1.54) is 15.8 Å². The Morgan fingerprint density at radius 2 is 1.93 bits per heavy atom. The molecule has 28 heavy (non-hydrogen) atoms. The molecular formula is C20H19BrN4O3. The zero-order valence-electron chi connectivity index (χ0n) is 15.3. The Morgan fingerprint density at radius 1 is 1.18 bits per heavy atom. The average molecular weight is 443 g/mol. The van der Waals surface area contributed by atoms with Gasteiger partial charge in [-0.1, -0.05) is 34.1 Å². The highest BCUT2D eigenvalue weighted by molar-refractivity contribution is 9.10. The third-order valence-corrected chi connectivity index (χ3v) is 4.71. The standard InChI is InChI=1S/C20H19BrN4O3/c1-24(12-18(26)23-15-5-3-2-4-6-15)19(27)9-10-25-13-22-17-8-7-14(21)11-16(17)20(25)28/h2-8,11,13H,9-10,12H2,1H3,(H,23,26). The fourth-order valence-electron chi connectivity index (χ4n) is 2.72. The number of nitrogens with one attached hydrogen (secondary N) is 1. The maximum absolute atomic E-state index is 12.6. The third-order valence-electron chi connectivity index (χ3n) is 4.22. The number of rotatable bonds is 6. The second-order valence-corrected chi connectivity index (χ2v) is 7.23. The van der Waals surface area contributed by atoms with Crippen molar-refractivity contribution in [1.82, 2.24) is 14.5 Å². The van der Waals surface area contributed by atoms with E-state index in [4.69, 9.17) is 0 Å². The minimum atomic E-state index is -0.281. The van der Waals surface area contributed by atoms with Gasteiger partial charge in [0.25, 0.3) is 5.56 Å². The Hall–Kier alpha value is -3.00. The van der Waals surface area contributed by atoms with Crippen LogP contribution in [0.3, 0.4) is 0 Å². The number of hydrogen-bond donors (Lipinski definition) is 1. The molecule has 1 aromatic heterocycles. The number of nitrogens with zero attached hydrogens (tertiary/aromatic N) is 3. The number of fused-ring (bicyclic) bond motifs is 1. The van der Waals surface area contributed by atoms with Gasteiger partial charge in [-0.25, -0.2) is 4.98 Å². The van der Waals surface area contributed by atoms with Crippen molar-refractivity contribution in [2.45, 2.75) is 13.0 Å². The summed E-state index contributed by atoms with van der Waals surface area (Å²) >= 11 is 3.34. The van der Waals surface area contributed by atoms with E-state index < -0.39 is 0 Å². The van der Waals surface area contributed by atoms with Gasteiger partial charge in [0.05, 0.1) is 23.8 Å². The first kappa shape index (κ1) is 19.8. The molecule has 0 bridgehead atoms. The van der Waals surface area contributed by atoms with Gasteiger partial charge in [0.2, 0.25) is 11.8 Å². The molecule has 0 fully saturated rings. The number of likely N-dealkylation sites (N-methyl/N-ethyl adjacent to an activating group) is 1. The Morgan fingerprint density at radius 3 is 2.68 bits per heavy atom. The lowest BCUT2D eigenvalue weighted by molar-refractivity contribution is -0.133. The van der Waals surface area contributed by atoms with Crippen LogP contribution >= 0.6 is 15.9 Å². The minimum absolute atomic E-state index is 0.0639. The van der Waals surface area contributed by atoms with Crippen molar-refractivity contribution in [3.05, 3.63) is 69.7 Å². The molecule has 0 aliphatic carbocycles. The normalized spacial score (nSPS) is 10.6. The number of para-hydroxylation sites is 1. The molecule has 0 aliphatic heterocycles. The summed E-state index contributed by atoms with van der Waals surface area (Å²) in [6.07, 6.45) is 1.53. The van der Waals surface area contributed by atoms with Crippen LogP contribution in [0.1, 0.15) is 6.42 Å². The van der Waals surface area contributed by atoms with E-state index in [9.17, 15) is 14.4 Å². The van der Waals surface area contributed by atoms with Crippen molar-refractivity contribution in [3.8, 4) is 0 Å². The third kappa shape index (κ3) is 4.83. The van der Waals surface area contributed by atoms with E-state index in [2.05, 4.69) is 26.2 Å². The highest BCUT2D eigenvalue weighted by Gasteiger charge is 2.14. The van der Waals surface area contributed by atoms with Crippen molar-refractivity contribution in [2.75, 3.05) is 18.9 Å². The molecule has 0 saturated carbocycles. The Balaban J connectivity index is 1.59. The molecule has 0 spiro atoms. The first-order chi connectivity index (χ1) is 13.4. The van der Waals surface area contributed by atoms with Crippen LogP contribution in [-0.2, 0) is 16.1 Å². The topological polar surface area (TPSA) is 84.3 Å². The molecule has 2 aromatic carbocycles. The molecule has 0 saturated heterocycles. The lowest BCUT2D eigenvalue weighted by atomic mass is 10.2. The summed E-state index contributed by atoms with van der Waals surface area (Å²) in [7, 11) is 1.56. The molecule has 7 nitrogen and oxygen atoms in total. The van der Waals surface area contributed by atoms with Crippen molar-refractivity contribution in [2.24, 2.45) is 0 Å². The van der Waals surface area contributed by atoms with Crippen LogP contribution < -0.4 is 10.9 Å². The molecule has 0 atom stereocenters. The van der Waals surface area contributed by atoms with Crippen LogP contribution in [-0.4, -0.2) is 39.9 Å². The van der Waals surface area contributed by atoms with Crippen LogP contribution in [0.2, 0.25) is 0 Å². The predicted molar refractivity (Wildman–Crippen MR) is 111 cm³/mol. The second-order valence-electron chi connectivity index (χ2n) is 6.32. The largest absolute Gasteiger partial charge is 0.336 e. The van der Waals surface area contributed by atoms with E-state index in [1.807, 2.05) is 24.3 Å². The fraction of sp³-hybridized carbons (Fsp3) is 0.200. The minimum Gasteiger partial charge on any atom is -0.336 e. The summed E-state index contributed by atoms with van der Waals surface area (Å²) < 4.78 is 2.20. The number of amides is 2. The molecule has 0 aliphatic rings. The van der Waals surface area contributed by atoms with Gasteiger partial charge < -0.3 is 10.2 Å². The molecule has 2 amide bonds. The SMILES string of the molecule is CN(CC(=O)Nc1ccccc1)C(=O)CCn1cnc2ccc(Br)cc2c1=O. The number of carbonyl (C=O) groups excluding carboxylic acids is 2. The van der Waals surface area contributed by atoms with Crippen LogP contribution in [0, 0.1) is 0 Å². The van der Waals surface area contributed by atoms with E-state index in [0.717, 1.165) is 4.47 Å². The summed E-state index contributed by atoms with van der Waals surface area (Å²) in [4.78, 5) is 42.5. The first-order valence-corrected chi connectivity index (χ1v) is 9.47. The lowest BCUT2D eigenvalue weighted by Crippen LogP contribution is -2.35. The molecule has 1 N–H and O–H groups in total. The smallest absolute Gasteiger partial charge is 0.261 e. The van der Waals surface area contributed by atoms with Crippen molar-refractivity contribution in [3.63, 3.8) is 0 Å². The number of anilines is 1. The van der Waals surface area contributed by atoms with Gasteiger partial charge in [0.1, 0.15) is 0 Å². The van der Waals surface area contributed by atoms with Crippen LogP contribution in [0.5, 0.6) is 0 Å². The highest BCUT2D eigenvalue weighted by atomic mass is 79.9. The maximum Gasteiger partial charge on any atom is 0.261 e. The molecule has 0 unspecified atom stereocenters. The number of benzene rings is 2. The number of aromatic nitrogens is 2. The molecule has 144 valence electrons. The quantitative estimate of drug-likeness (QED) is 0.635. The summed E-state index contributed by atoms with van der Waals surface area (Å²) in [5, 5.41) is 3.22. The fourth-order valence-corrected chi connectivity index (χ4v) is 3.08. The zero-order chi connectivity index (χ0) is 20.1. The van der Waals surface area contributed by atoms with Crippen molar-refractivity contribution in [1.29, 1.82) is 0 Å². The van der Waals surface area contributed by atoms with E-state index in [-0.39, 0.29) is 36.9 Å². The van der Waals surface area contributed by atoms with Crippen LogP contribution in [0.25, 0.3) is 10.9 Å². The average Bonchev–Trinajstić information content (AvgIpc) is 2.68. The lowest BCUT2D eigenvalue weighted by Gasteiger charge is -2.17. The van der Waals surface area contributed by atoms with E-state index in [0.29, 0.717) is 16.6 Å². The number of aryl methyl sites for hydroxylation is 1. The van der Waals surface area contributed by atoms with Crippen LogP contribution in [0.15, 0.2) is 64.1 Å². The van der Waals surface area contributed by atoms with E-state index in [1.54, 1.807) is 31.3 Å². The Bertz CT molecular complexity index is 1070. The molecular weight excluding hydrogens is 424 g/mol. The monoisotopic (exact) mass is 442 g/mol. The summed E-state index contributed by atoms with van der Waals surface area (Å²) in [6, 6.07) is 14.3. The van der Waals surface area contributed by atoms with Gasteiger partial charge in [0, 0.05) is 30.2 Å². The molecule has 1 heterocycles. The second kappa shape index (κ2) is 8.79. The van der Waals surface area contributed by atoms with Crippen LogP contribution in [0.4, 0.5) is 5.69 Å². The van der Waals surface area contributed by atoms with Crippen molar-refractivity contribution >= 4 is 44.3 Å².